The van der Waals surface area contributed by atoms with Gasteiger partial charge in [-0.3, -0.25) is 10.1 Å². The predicted molar refractivity (Wildman–Crippen MR) is 108 cm³/mol. The highest BCUT2D eigenvalue weighted by molar-refractivity contribution is 6.31. The van der Waals surface area contributed by atoms with Crippen molar-refractivity contribution >= 4 is 28.9 Å². The van der Waals surface area contributed by atoms with Gasteiger partial charge in [-0.25, -0.2) is 9.97 Å². The molecule has 3 rings (SSSR count). The molecule has 0 fully saturated rings. The summed E-state index contributed by atoms with van der Waals surface area (Å²) in [7, 11) is 1.59. The summed E-state index contributed by atoms with van der Waals surface area (Å²) in [6.07, 6.45) is 1.28. The van der Waals surface area contributed by atoms with Crippen LogP contribution in [0.4, 0.5) is 17.3 Å². The van der Waals surface area contributed by atoms with E-state index >= 15 is 0 Å². The van der Waals surface area contributed by atoms with Gasteiger partial charge in [-0.2, -0.15) is 0 Å². The number of rotatable bonds is 8. The molecule has 144 valence electrons. The van der Waals surface area contributed by atoms with Crippen LogP contribution in [0.1, 0.15) is 11.1 Å². The highest BCUT2D eigenvalue weighted by atomic mass is 35.5. The summed E-state index contributed by atoms with van der Waals surface area (Å²) in [6, 6.07) is 14.6. The number of hydrogen-bond acceptors (Lipinski definition) is 7. The standard InChI is InChI=1S/C19H18ClN5O3/c1-28-15-8-6-13(7-9-15)10-21-18-17(25(26)27)19(24-12-23-18)22-11-14-4-2-3-5-16(14)20/h2-9,12H,10-11H2,1H3,(H2,21,22,23,24). The molecule has 0 aliphatic heterocycles. The molecule has 0 aliphatic rings. The average molecular weight is 400 g/mol. The minimum atomic E-state index is -0.509. The first-order valence-corrected chi connectivity index (χ1v) is 8.79. The lowest BCUT2D eigenvalue weighted by molar-refractivity contribution is -0.383. The molecule has 0 saturated heterocycles. The van der Waals surface area contributed by atoms with E-state index in [0.29, 0.717) is 18.1 Å². The highest BCUT2D eigenvalue weighted by Crippen LogP contribution is 2.30. The summed E-state index contributed by atoms with van der Waals surface area (Å²) in [5.41, 5.74) is 1.52. The number of benzene rings is 2. The lowest BCUT2D eigenvalue weighted by Gasteiger charge is -2.11. The summed E-state index contributed by atoms with van der Waals surface area (Å²) in [6.45, 7) is 0.668. The monoisotopic (exact) mass is 399 g/mol. The Morgan fingerprint density at radius 2 is 1.68 bits per heavy atom. The topological polar surface area (TPSA) is 102 Å². The Kier molecular flexibility index (Phi) is 6.23. The third-order valence-electron chi connectivity index (χ3n) is 4.03. The normalized spacial score (nSPS) is 10.4. The molecule has 28 heavy (non-hydrogen) atoms. The molecule has 8 nitrogen and oxygen atoms in total. The Labute approximate surface area is 166 Å². The highest BCUT2D eigenvalue weighted by Gasteiger charge is 2.22. The van der Waals surface area contributed by atoms with Crippen molar-refractivity contribution in [3.63, 3.8) is 0 Å². The first kappa shape index (κ1) is 19.4. The third-order valence-corrected chi connectivity index (χ3v) is 4.40. The number of ether oxygens (including phenoxy) is 1. The van der Waals surface area contributed by atoms with Crippen molar-refractivity contribution in [3.05, 3.63) is 81.1 Å². The van der Waals surface area contributed by atoms with Gasteiger partial charge in [0.2, 0.25) is 11.6 Å². The average Bonchev–Trinajstić information content (AvgIpc) is 2.71. The largest absolute Gasteiger partial charge is 0.497 e. The predicted octanol–water partition coefficient (Wildman–Crippen LogP) is 4.27. The molecule has 0 bridgehead atoms. The van der Waals surface area contributed by atoms with Gasteiger partial charge in [0.1, 0.15) is 12.1 Å². The second-order valence-electron chi connectivity index (χ2n) is 5.82. The quantitative estimate of drug-likeness (QED) is 0.430. The Hall–Kier alpha value is -3.39. The van der Waals surface area contributed by atoms with Gasteiger partial charge < -0.3 is 15.4 Å². The molecule has 0 aliphatic carbocycles. The lowest BCUT2D eigenvalue weighted by Crippen LogP contribution is -2.10. The van der Waals surface area contributed by atoms with Crippen molar-refractivity contribution in [2.75, 3.05) is 17.7 Å². The first-order valence-electron chi connectivity index (χ1n) is 8.42. The fourth-order valence-corrected chi connectivity index (χ4v) is 2.76. The van der Waals surface area contributed by atoms with Gasteiger partial charge >= 0.3 is 5.69 Å². The number of nitrogens with zero attached hydrogens (tertiary/aromatic N) is 3. The van der Waals surface area contributed by atoms with Gasteiger partial charge in [-0.1, -0.05) is 41.9 Å². The van der Waals surface area contributed by atoms with Crippen LogP contribution in [0.25, 0.3) is 0 Å². The molecular formula is C19H18ClN5O3. The molecule has 0 amide bonds. The SMILES string of the molecule is COc1ccc(CNc2ncnc(NCc3ccccc3Cl)c2[N+](=O)[O-])cc1. The van der Waals surface area contributed by atoms with Crippen molar-refractivity contribution in [1.82, 2.24) is 9.97 Å². The molecule has 0 atom stereocenters. The summed E-state index contributed by atoms with van der Waals surface area (Å²) < 4.78 is 5.12. The molecular weight excluding hydrogens is 382 g/mol. The summed E-state index contributed by atoms with van der Waals surface area (Å²) in [4.78, 5) is 19.2. The van der Waals surface area contributed by atoms with Gasteiger partial charge in [0.05, 0.1) is 12.0 Å². The Morgan fingerprint density at radius 1 is 1.04 bits per heavy atom. The summed E-state index contributed by atoms with van der Waals surface area (Å²) in [5.74, 6) is 0.998. The van der Waals surface area contributed by atoms with Crippen LogP contribution in [0.2, 0.25) is 5.02 Å². The van der Waals surface area contributed by atoms with Crippen LogP contribution >= 0.6 is 11.6 Å². The van der Waals surface area contributed by atoms with E-state index in [0.717, 1.165) is 16.9 Å². The van der Waals surface area contributed by atoms with Gasteiger partial charge in [-0.05, 0) is 29.3 Å². The number of halogens is 1. The summed E-state index contributed by atoms with van der Waals surface area (Å²) >= 11 is 6.14. The van der Waals surface area contributed by atoms with Crippen LogP contribution in [0.5, 0.6) is 5.75 Å². The van der Waals surface area contributed by atoms with Crippen LogP contribution in [-0.4, -0.2) is 22.0 Å². The van der Waals surface area contributed by atoms with Gasteiger partial charge in [0, 0.05) is 18.1 Å². The minimum Gasteiger partial charge on any atom is -0.497 e. The molecule has 9 heteroatoms. The second-order valence-corrected chi connectivity index (χ2v) is 6.23. The maximum atomic E-state index is 11.6. The van der Waals surface area contributed by atoms with E-state index in [1.807, 2.05) is 42.5 Å². The van der Waals surface area contributed by atoms with Gasteiger partial charge in [-0.15, -0.1) is 0 Å². The maximum absolute atomic E-state index is 11.6. The number of nitro groups is 1. The zero-order valence-corrected chi connectivity index (χ0v) is 15.8. The van der Waals surface area contributed by atoms with Crippen molar-refractivity contribution in [3.8, 4) is 5.75 Å². The Morgan fingerprint density at radius 3 is 2.29 bits per heavy atom. The molecule has 3 aromatic rings. The fourth-order valence-electron chi connectivity index (χ4n) is 2.56. The van der Waals surface area contributed by atoms with E-state index in [2.05, 4.69) is 20.6 Å². The van der Waals surface area contributed by atoms with Crippen LogP contribution in [-0.2, 0) is 13.1 Å². The summed E-state index contributed by atoms with van der Waals surface area (Å²) in [5, 5.41) is 18.2. The molecule has 0 unspecified atom stereocenters. The van der Waals surface area contributed by atoms with E-state index in [1.54, 1.807) is 13.2 Å². The van der Waals surface area contributed by atoms with Crippen LogP contribution in [0, 0.1) is 10.1 Å². The van der Waals surface area contributed by atoms with E-state index in [4.69, 9.17) is 16.3 Å². The number of methoxy groups -OCH3 is 1. The molecule has 0 spiro atoms. The number of aromatic nitrogens is 2. The zero-order valence-electron chi connectivity index (χ0n) is 15.1. The van der Waals surface area contributed by atoms with E-state index in [-0.39, 0.29) is 17.3 Å². The van der Waals surface area contributed by atoms with Crippen molar-refractivity contribution < 1.29 is 9.66 Å². The molecule has 2 N–H and O–H groups in total. The molecule has 0 saturated carbocycles. The third kappa shape index (κ3) is 4.66. The molecule has 0 radical (unpaired) electrons. The van der Waals surface area contributed by atoms with Crippen LogP contribution in [0.15, 0.2) is 54.9 Å². The van der Waals surface area contributed by atoms with E-state index < -0.39 is 4.92 Å². The number of nitrogens with one attached hydrogen (secondary N) is 2. The molecule has 1 heterocycles. The Bertz CT molecular complexity index is 966. The van der Waals surface area contributed by atoms with Crippen LogP contribution in [0.3, 0.4) is 0 Å². The second kappa shape index (κ2) is 9.01. The van der Waals surface area contributed by atoms with E-state index in [1.165, 1.54) is 6.33 Å². The smallest absolute Gasteiger partial charge is 0.353 e. The van der Waals surface area contributed by atoms with Gasteiger partial charge in [0.15, 0.2) is 0 Å². The lowest BCUT2D eigenvalue weighted by atomic mass is 10.2. The van der Waals surface area contributed by atoms with E-state index in [9.17, 15) is 10.1 Å². The van der Waals surface area contributed by atoms with Gasteiger partial charge in [0.25, 0.3) is 0 Å². The van der Waals surface area contributed by atoms with Crippen molar-refractivity contribution in [2.24, 2.45) is 0 Å². The number of hydrogen-bond donors (Lipinski definition) is 2. The molecule has 2 aromatic carbocycles. The Balaban J connectivity index is 1.76. The number of anilines is 2. The first-order chi connectivity index (χ1) is 13.6. The molecule has 1 aromatic heterocycles. The fraction of sp³-hybridized carbons (Fsp3) is 0.158. The van der Waals surface area contributed by atoms with Crippen molar-refractivity contribution in [2.45, 2.75) is 13.1 Å². The van der Waals surface area contributed by atoms with Crippen molar-refractivity contribution in [1.29, 1.82) is 0 Å². The minimum absolute atomic E-state index is 0.122. The van der Waals surface area contributed by atoms with Crippen LogP contribution < -0.4 is 15.4 Å². The zero-order chi connectivity index (χ0) is 19.9. The maximum Gasteiger partial charge on any atom is 0.353 e.